The number of hydrogen-bond acceptors (Lipinski definition) is 6. The van der Waals surface area contributed by atoms with E-state index in [1.54, 1.807) is 6.92 Å². The molecule has 1 aromatic rings. The van der Waals surface area contributed by atoms with Gasteiger partial charge in [-0.15, -0.1) is 0 Å². The molecule has 1 atom stereocenters. The van der Waals surface area contributed by atoms with E-state index in [1.807, 2.05) is 0 Å². The summed E-state index contributed by atoms with van der Waals surface area (Å²) in [5.74, 6) is -0.170. The number of aliphatic carboxylic acids is 1. The Morgan fingerprint density at radius 1 is 1.50 bits per heavy atom. The van der Waals surface area contributed by atoms with Crippen molar-refractivity contribution in [2.24, 2.45) is 0 Å². The third-order valence-corrected chi connectivity index (χ3v) is 2.41. The van der Waals surface area contributed by atoms with Crippen molar-refractivity contribution in [1.82, 2.24) is 20.8 Å². The largest absolute Gasteiger partial charge is 0.480 e. The Kier molecular flexibility index (Phi) is 6.44. The van der Waals surface area contributed by atoms with E-state index in [1.165, 1.54) is 7.11 Å². The third kappa shape index (κ3) is 5.65. The van der Waals surface area contributed by atoms with Gasteiger partial charge in [0.2, 0.25) is 5.89 Å². The zero-order valence-corrected chi connectivity index (χ0v) is 11.4. The minimum absolute atomic E-state index is 0.197. The summed E-state index contributed by atoms with van der Waals surface area (Å²) in [5.41, 5.74) is 0. The third-order valence-electron chi connectivity index (χ3n) is 2.41. The smallest absolute Gasteiger partial charge is 0.326 e. The monoisotopic (exact) mass is 286 g/mol. The maximum absolute atomic E-state index is 11.5. The van der Waals surface area contributed by atoms with Crippen LogP contribution in [-0.4, -0.2) is 53.6 Å². The van der Waals surface area contributed by atoms with Gasteiger partial charge < -0.3 is 25.0 Å². The summed E-state index contributed by atoms with van der Waals surface area (Å²) in [6.07, 6.45) is 0.576. The van der Waals surface area contributed by atoms with Gasteiger partial charge in [0.25, 0.3) is 0 Å². The van der Waals surface area contributed by atoms with Crippen LogP contribution in [0, 0.1) is 6.92 Å². The van der Waals surface area contributed by atoms with Crippen LogP contribution in [0.15, 0.2) is 4.52 Å². The molecule has 0 fully saturated rings. The molecule has 0 aliphatic heterocycles. The summed E-state index contributed by atoms with van der Waals surface area (Å²) in [4.78, 5) is 26.4. The van der Waals surface area contributed by atoms with Crippen LogP contribution >= 0.6 is 0 Å². The average molecular weight is 286 g/mol. The molecule has 20 heavy (non-hydrogen) atoms. The maximum Gasteiger partial charge on any atom is 0.326 e. The number of nitrogens with one attached hydrogen (secondary N) is 2. The van der Waals surface area contributed by atoms with Crippen molar-refractivity contribution in [1.29, 1.82) is 0 Å². The van der Waals surface area contributed by atoms with E-state index >= 15 is 0 Å². The van der Waals surface area contributed by atoms with E-state index in [0.29, 0.717) is 18.1 Å². The molecule has 0 spiro atoms. The topological polar surface area (TPSA) is 127 Å². The molecule has 0 aliphatic carbocycles. The first-order valence-corrected chi connectivity index (χ1v) is 6.08. The standard InChI is InChI=1S/C11H18N4O5/c1-7-13-9(20-15-7)3-5-12-11(18)14-8(10(16)17)4-6-19-2/h8H,3-6H2,1-2H3,(H,16,17)(H2,12,14,18). The number of carboxylic acids is 1. The molecule has 9 nitrogen and oxygen atoms in total. The van der Waals surface area contributed by atoms with Gasteiger partial charge in [0.1, 0.15) is 6.04 Å². The van der Waals surface area contributed by atoms with Crippen molar-refractivity contribution in [2.75, 3.05) is 20.3 Å². The number of nitrogens with zero attached hydrogens (tertiary/aromatic N) is 2. The van der Waals surface area contributed by atoms with E-state index in [-0.39, 0.29) is 19.6 Å². The highest BCUT2D eigenvalue weighted by molar-refractivity contribution is 5.82. The number of carboxylic acid groups (broad SMARTS) is 1. The molecule has 112 valence electrons. The van der Waals surface area contributed by atoms with Crippen LogP contribution in [0.2, 0.25) is 0 Å². The van der Waals surface area contributed by atoms with Crippen molar-refractivity contribution in [3.63, 3.8) is 0 Å². The zero-order valence-electron chi connectivity index (χ0n) is 11.4. The SMILES string of the molecule is COCCC(NC(=O)NCCc1nc(C)no1)C(=O)O. The van der Waals surface area contributed by atoms with Crippen LogP contribution < -0.4 is 10.6 Å². The lowest BCUT2D eigenvalue weighted by atomic mass is 10.2. The molecule has 0 saturated carbocycles. The van der Waals surface area contributed by atoms with Gasteiger partial charge in [0, 0.05) is 33.1 Å². The van der Waals surface area contributed by atoms with Crippen LogP contribution in [0.5, 0.6) is 0 Å². The number of aryl methyl sites for hydroxylation is 1. The number of hydrogen-bond donors (Lipinski definition) is 3. The van der Waals surface area contributed by atoms with Crippen molar-refractivity contribution < 1.29 is 24.0 Å². The first-order valence-electron chi connectivity index (χ1n) is 6.08. The Bertz CT molecular complexity index is 448. The number of urea groups is 1. The van der Waals surface area contributed by atoms with E-state index in [0.717, 1.165) is 0 Å². The summed E-state index contributed by atoms with van der Waals surface area (Å²) in [6, 6.07) is -1.55. The molecule has 0 saturated heterocycles. The van der Waals surface area contributed by atoms with Crippen molar-refractivity contribution >= 4 is 12.0 Å². The van der Waals surface area contributed by atoms with E-state index < -0.39 is 18.0 Å². The van der Waals surface area contributed by atoms with Gasteiger partial charge in [0.05, 0.1) is 0 Å². The summed E-state index contributed by atoms with van der Waals surface area (Å²) >= 11 is 0. The highest BCUT2D eigenvalue weighted by Crippen LogP contribution is 1.96. The van der Waals surface area contributed by atoms with E-state index in [2.05, 4.69) is 20.8 Å². The van der Waals surface area contributed by atoms with Gasteiger partial charge >= 0.3 is 12.0 Å². The molecule has 1 aromatic heterocycles. The van der Waals surface area contributed by atoms with Crippen LogP contribution in [0.4, 0.5) is 4.79 Å². The highest BCUT2D eigenvalue weighted by atomic mass is 16.5. The molecule has 0 aliphatic rings. The molecule has 0 bridgehead atoms. The first kappa shape index (κ1) is 15.9. The van der Waals surface area contributed by atoms with Gasteiger partial charge in [-0.25, -0.2) is 9.59 Å². The number of methoxy groups -OCH3 is 1. The molecular formula is C11H18N4O5. The Labute approximate surface area is 115 Å². The lowest BCUT2D eigenvalue weighted by molar-refractivity contribution is -0.139. The van der Waals surface area contributed by atoms with E-state index in [9.17, 15) is 9.59 Å². The molecule has 9 heteroatoms. The minimum atomic E-state index is -1.11. The van der Waals surface area contributed by atoms with Gasteiger partial charge in [-0.05, 0) is 6.92 Å². The molecule has 1 rings (SSSR count). The normalized spacial score (nSPS) is 11.9. The lowest BCUT2D eigenvalue weighted by Crippen LogP contribution is -2.46. The van der Waals surface area contributed by atoms with Crippen LogP contribution in [-0.2, 0) is 16.0 Å². The molecule has 1 heterocycles. The Morgan fingerprint density at radius 3 is 2.80 bits per heavy atom. The Balaban J connectivity index is 2.28. The number of rotatable bonds is 8. The second-order valence-electron chi connectivity index (χ2n) is 4.06. The van der Waals surface area contributed by atoms with Gasteiger partial charge in [-0.2, -0.15) is 4.98 Å². The maximum atomic E-state index is 11.5. The number of amides is 2. The molecule has 1 unspecified atom stereocenters. The molecule has 0 radical (unpaired) electrons. The predicted octanol–water partition coefficient (Wildman–Crippen LogP) is -0.291. The van der Waals surface area contributed by atoms with Gasteiger partial charge in [0.15, 0.2) is 5.82 Å². The van der Waals surface area contributed by atoms with Crippen LogP contribution in [0.1, 0.15) is 18.1 Å². The van der Waals surface area contributed by atoms with Gasteiger partial charge in [-0.3, -0.25) is 0 Å². The fourth-order valence-corrected chi connectivity index (χ4v) is 1.43. The quantitative estimate of drug-likeness (QED) is 0.599. The fraction of sp³-hybridized carbons (Fsp3) is 0.636. The zero-order chi connectivity index (χ0) is 15.0. The average Bonchev–Trinajstić information content (AvgIpc) is 2.80. The highest BCUT2D eigenvalue weighted by Gasteiger charge is 2.19. The number of carbonyl (C=O) groups is 2. The van der Waals surface area contributed by atoms with Crippen molar-refractivity contribution in [3.8, 4) is 0 Å². The van der Waals surface area contributed by atoms with Crippen molar-refractivity contribution in [3.05, 3.63) is 11.7 Å². The minimum Gasteiger partial charge on any atom is -0.480 e. The number of ether oxygens (including phenoxy) is 1. The van der Waals surface area contributed by atoms with Crippen LogP contribution in [0.3, 0.4) is 0 Å². The Hall–Kier alpha value is -2.16. The predicted molar refractivity (Wildman–Crippen MR) is 67.2 cm³/mol. The first-order chi connectivity index (χ1) is 9.52. The number of carbonyl (C=O) groups excluding carboxylic acids is 1. The summed E-state index contributed by atoms with van der Waals surface area (Å²) in [5, 5.41) is 17.4. The van der Waals surface area contributed by atoms with Crippen molar-refractivity contribution in [2.45, 2.75) is 25.8 Å². The molecule has 0 aromatic carbocycles. The summed E-state index contributed by atoms with van der Waals surface area (Å²) in [7, 11) is 1.46. The number of aromatic nitrogens is 2. The molecule has 2 amide bonds. The second kappa shape index (κ2) is 8.10. The molecular weight excluding hydrogens is 268 g/mol. The lowest BCUT2D eigenvalue weighted by Gasteiger charge is -2.14. The Morgan fingerprint density at radius 2 is 2.25 bits per heavy atom. The summed E-state index contributed by atoms with van der Waals surface area (Å²) in [6.45, 7) is 2.21. The fourth-order valence-electron chi connectivity index (χ4n) is 1.43. The second-order valence-corrected chi connectivity index (χ2v) is 4.06. The summed E-state index contributed by atoms with van der Waals surface area (Å²) < 4.78 is 9.66. The molecule has 3 N–H and O–H groups in total. The van der Waals surface area contributed by atoms with Crippen LogP contribution in [0.25, 0.3) is 0 Å². The van der Waals surface area contributed by atoms with E-state index in [4.69, 9.17) is 14.4 Å². The van der Waals surface area contributed by atoms with Gasteiger partial charge in [-0.1, -0.05) is 5.16 Å².